The zero-order chi connectivity index (χ0) is 11.0. The molecule has 0 fully saturated rings. The third kappa shape index (κ3) is 3.84. The van der Waals surface area contributed by atoms with E-state index in [2.05, 4.69) is 0 Å². The molecular weight excluding hydrogens is 316 g/mol. The Bertz CT molecular complexity index is 297. The summed E-state index contributed by atoms with van der Waals surface area (Å²) >= 11 is 0. The molecule has 0 atom stereocenters. The van der Waals surface area contributed by atoms with Crippen molar-refractivity contribution in [3.05, 3.63) is 35.4 Å². The summed E-state index contributed by atoms with van der Waals surface area (Å²) in [6.07, 6.45) is -9.56. The standard InChI is InChI=1S/C8H3F6.Pd/c9-7(10,11)5-2-1-3-6(4-5)8(12,13)14;/h2-4H;/q-1;. The van der Waals surface area contributed by atoms with Crippen LogP contribution in [0, 0.1) is 6.07 Å². The first kappa shape index (κ1) is 14.5. The third-order valence-corrected chi connectivity index (χ3v) is 1.44. The molecular formula is C8H3F6Pd-. The van der Waals surface area contributed by atoms with Crippen molar-refractivity contribution < 1.29 is 46.8 Å². The van der Waals surface area contributed by atoms with Crippen LogP contribution in [0.15, 0.2) is 18.2 Å². The summed E-state index contributed by atoms with van der Waals surface area (Å²) in [5, 5.41) is 0. The Labute approximate surface area is 94.9 Å². The molecule has 1 rings (SSSR count). The molecule has 0 heterocycles. The van der Waals surface area contributed by atoms with E-state index in [-0.39, 0.29) is 26.5 Å². The Morgan fingerprint density at radius 2 is 1.13 bits per heavy atom. The molecule has 0 bridgehead atoms. The van der Waals surface area contributed by atoms with E-state index in [0.717, 1.165) is 0 Å². The van der Waals surface area contributed by atoms with Gasteiger partial charge in [-0.3, -0.25) is 0 Å². The van der Waals surface area contributed by atoms with Gasteiger partial charge in [0.1, 0.15) is 0 Å². The fraction of sp³-hybridized carbons (Fsp3) is 0.250. The van der Waals surface area contributed by atoms with Gasteiger partial charge in [-0.1, -0.05) is 11.1 Å². The molecule has 0 nitrogen and oxygen atoms in total. The fourth-order valence-corrected chi connectivity index (χ4v) is 0.799. The molecule has 15 heavy (non-hydrogen) atoms. The van der Waals surface area contributed by atoms with E-state index in [4.69, 9.17) is 0 Å². The Kier molecular flexibility index (Phi) is 4.38. The van der Waals surface area contributed by atoms with E-state index >= 15 is 0 Å². The second-order valence-electron chi connectivity index (χ2n) is 2.51. The van der Waals surface area contributed by atoms with E-state index in [1.165, 1.54) is 0 Å². The molecule has 0 amide bonds. The molecule has 0 aromatic heterocycles. The SMILES string of the molecule is FC(F)(F)c1c[c-]cc(C(F)(F)F)c1.[Pd]. The van der Waals surface area contributed by atoms with Crippen LogP contribution in [0.1, 0.15) is 11.1 Å². The smallest absolute Gasteiger partial charge is 0.183 e. The predicted molar refractivity (Wildman–Crippen MR) is 35.3 cm³/mol. The maximum Gasteiger partial charge on any atom is 0.370 e. The van der Waals surface area contributed by atoms with E-state index in [9.17, 15) is 26.3 Å². The van der Waals surface area contributed by atoms with Gasteiger partial charge in [0.15, 0.2) is 0 Å². The van der Waals surface area contributed by atoms with Crippen LogP contribution in [0.2, 0.25) is 0 Å². The minimum Gasteiger partial charge on any atom is -0.183 e. The molecule has 0 spiro atoms. The van der Waals surface area contributed by atoms with Crippen LogP contribution >= 0.6 is 0 Å². The molecule has 1 aromatic carbocycles. The number of hydrogen-bond donors (Lipinski definition) is 0. The molecule has 0 radical (unpaired) electrons. The second-order valence-corrected chi connectivity index (χ2v) is 2.51. The van der Waals surface area contributed by atoms with Gasteiger partial charge in [-0.05, 0) is 0 Å². The number of halogens is 6. The zero-order valence-corrected chi connectivity index (χ0v) is 8.37. The van der Waals surface area contributed by atoms with Gasteiger partial charge in [-0.2, -0.15) is 44.5 Å². The van der Waals surface area contributed by atoms with Crippen LogP contribution in [0.25, 0.3) is 0 Å². The molecule has 0 saturated carbocycles. The van der Waals surface area contributed by atoms with Gasteiger partial charge in [-0.25, -0.2) is 0 Å². The number of alkyl halides is 6. The van der Waals surface area contributed by atoms with Gasteiger partial charge in [0, 0.05) is 20.4 Å². The van der Waals surface area contributed by atoms with E-state index in [0.29, 0.717) is 12.1 Å². The Morgan fingerprint density at radius 1 is 0.800 bits per heavy atom. The fourth-order valence-electron chi connectivity index (χ4n) is 0.799. The van der Waals surface area contributed by atoms with E-state index in [1.54, 1.807) is 6.07 Å². The van der Waals surface area contributed by atoms with Gasteiger partial charge in [-0.15, -0.1) is 6.07 Å². The molecule has 0 aliphatic heterocycles. The largest absolute Gasteiger partial charge is 0.370 e. The van der Waals surface area contributed by atoms with Crippen LogP contribution in [0.5, 0.6) is 0 Å². The number of benzene rings is 1. The second kappa shape index (κ2) is 4.54. The van der Waals surface area contributed by atoms with Crippen LogP contribution in [0.3, 0.4) is 0 Å². The Balaban J connectivity index is 0.00000196. The van der Waals surface area contributed by atoms with Crippen molar-refractivity contribution >= 4 is 0 Å². The minimum atomic E-state index is -4.78. The maximum atomic E-state index is 12.0. The van der Waals surface area contributed by atoms with Crippen molar-refractivity contribution in [2.75, 3.05) is 0 Å². The van der Waals surface area contributed by atoms with Gasteiger partial charge in [0.25, 0.3) is 0 Å². The Hall–Kier alpha value is -0.538. The minimum absolute atomic E-state index is 0. The molecule has 0 unspecified atom stereocenters. The van der Waals surface area contributed by atoms with Gasteiger partial charge >= 0.3 is 12.4 Å². The molecule has 0 aliphatic rings. The van der Waals surface area contributed by atoms with E-state index in [1.807, 2.05) is 0 Å². The first-order valence-corrected chi connectivity index (χ1v) is 3.37. The number of rotatable bonds is 0. The maximum absolute atomic E-state index is 12.0. The first-order valence-electron chi connectivity index (χ1n) is 3.37. The summed E-state index contributed by atoms with van der Waals surface area (Å²) in [6, 6.07) is 2.79. The van der Waals surface area contributed by atoms with Gasteiger partial charge < -0.3 is 0 Å². The summed E-state index contributed by atoms with van der Waals surface area (Å²) in [6.45, 7) is 0. The average Bonchev–Trinajstić information content (AvgIpc) is 2.01. The average molecular weight is 320 g/mol. The zero-order valence-electron chi connectivity index (χ0n) is 6.82. The monoisotopic (exact) mass is 319 g/mol. The van der Waals surface area contributed by atoms with Crippen molar-refractivity contribution in [1.82, 2.24) is 0 Å². The quantitative estimate of drug-likeness (QED) is 0.390. The van der Waals surface area contributed by atoms with Crippen LogP contribution < -0.4 is 0 Å². The molecule has 0 saturated heterocycles. The van der Waals surface area contributed by atoms with Crippen molar-refractivity contribution in [3.63, 3.8) is 0 Å². The van der Waals surface area contributed by atoms with Crippen molar-refractivity contribution in [1.29, 1.82) is 0 Å². The van der Waals surface area contributed by atoms with E-state index < -0.39 is 23.5 Å². The molecule has 1 aromatic rings. The third-order valence-electron chi connectivity index (χ3n) is 1.44. The molecule has 0 aliphatic carbocycles. The summed E-state index contributed by atoms with van der Waals surface area (Å²) in [5.74, 6) is 0. The Morgan fingerprint density at radius 3 is 1.40 bits per heavy atom. The first-order chi connectivity index (χ1) is 6.21. The number of hydrogen-bond acceptors (Lipinski definition) is 0. The summed E-state index contributed by atoms with van der Waals surface area (Å²) in [7, 11) is 0. The van der Waals surface area contributed by atoms with Crippen LogP contribution in [0.4, 0.5) is 26.3 Å². The van der Waals surface area contributed by atoms with Crippen molar-refractivity contribution in [3.8, 4) is 0 Å². The van der Waals surface area contributed by atoms with Crippen LogP contribution in [-0.2, 0) is 32.8 Å². The van der Waals surface area contributed by atoms with Gasteiger partial charge in [0.2, 0.25) is 0 Å². The van der Waals surface area contributed by atoms with Crippen molar-refractivity contribution in [2.45, 2.75) is 12.4 Å². The predicted octanol–water partition coefficient (Wildman–Crippen LogP) is 3.52. The normalized spacial score (nSPS) is 12.1. The van der Waals surface area contributed by atoms with Crippen LogP contribution in [-0.4, -0.2) is 0 Å². The van der Waals surface area contributed by atoms with Crippen molar-refractivity contribution in [2.24, 2.45) is 0 Å². The van der Waals surface area contributed by atoms with Gasteiger partial charge in [0.05, 0.1) is 0 Å². The topological polar surface area (TPSA) is 0 Å². The molecule has 7 heteroatoms. The summed E-state index contributed by atoms with van der Waals surface area (Å²) < 4.78 is 71.8. The molecule has 88 valence electrons. The summed E-state index contributed by atoms with van der Waals surface area (Å²) in [4.78, 5) is 0. The summed E-state index contributed by atoms with van der Waals surface area (Å²) in [5.41, 5.74) is -2.71. The molecule has 0 N–H and O–H groups in total.